The van der Waals surface area contributed by atoms with Gasteiger partial charge >= 0.3 is 21.7 Å². The van der Waals surface area contributed by atoms with E-state index in [9.17, 15) is 0 Å². The molecule has 0 spiro atoms. The number of unbranched alkanes of at least 4 members (excludes halogenated alkanes) is 2. The number of aryl methyl sites for hydroxylation is 2. The minimum absolute atomic E-state index is 0. The molecule has 0 saturated heterocycles. The van der Waals surface area contributed by atoms with E-state index < -0.39 is 9.52 Å². The Labute approximate surface area is 197 Å². The van der Waals surface area contributed by atoms with E-state index in [2.05, 4.69) is 65.8 Å². The number of hydrogen-bond acceptors (Lipinski definition) is 0. The van der Waals surface area contributed by atoms with Crippen LogP contribution in [0.2, 0.25) is 5.04 Å². The fourth-order valence-corrected chi connectivity index (χ4v) is 6.64. The van der Waals surface area contributed by atoms with E-state index in [1.54, 1.807) is 10.8 Å². The van der Waals surface area contributed by atoms with Crippen LogP contribution in [0.25, 0.3) is 0 Å². The quantitative estimate of drug-likeness (QED) is 0.228. The molecular formula is C21H31Cl3SiTi. The van der Waals surface area contributed by atoms with E-state index in [0.717, 1.165) is 0 Å². The topological polar surface area (TPSA) is 0 Å². The summed E-state index contributed by atoms with van der Waals surface area (Å²) in [6.07, 6.45) is 9.08. The first-order valence-corrected chi connectivity index (χ1v) is 10.2. The third-order valence-electron chi connectivity index (χ3n) is 5.01. The van der Waals surface area contributed by atoms with Crippen molar-refractivity contribution in [2.45, 2.75) is 72.3 Å². The average Bonchev–Trinajstić information content (AvgIpc) is 2.60. The maximum absolute atomic E-state index is 3.85. The standard InChI is InChI=1S/C21H31Si.3ClH.Ti/c1-7-8-9-10-20-18(5)17(4)14-21(20,6)22-19-12-15(2)11-16(3)13-19;;;;/h11-13H,7-10,22H2,1-6H3;3*1H;/q-1;;;;+4/p-3. The van der Waals surface area contributed by atoms with E-state index in [1.807, 2.05) is 0 Å². The van der Waals surface area contributed by atoms with E-state index >= 15 is 0 Å². The monoisotopic (exact) mass is 464 g/mol. The van der Waals surface area contributed by atoms with Crippen LogP contribution in [0.4, 0.5) is 0 Å². The summed E-state index contributed by atoms with van der Waals surface area (Å²) in [7, 11) is -0.409. The Morgan fingerprint density at radius 2 is 1.46 bits per heavy atom. The molecule has 0 aliphatic heterocycles. The van der Waals surface area contributed by atoms with E-state index in [-0.39, 0.29) is 64.0 Å². The largest absolute Gasteiger partial charge is 4.00 e. The zero-order valence-corrected chi connectivity index (χ0v) is 22.1. The first-order valence-electron chi connectivity index (χ1n) is 8.75. The Bertz CT molecular complexity index is 605. The van der Waals surface area contributed by atoms with Crippen molar-refractivity contribution in [2.24, 2.45) is 0 Å². The van der Waals surface area contributed by atoms with Gasteiger partial charge in [0.05, 0.1) is 0 Å². The molecule has 1 atom stereocenters. The Kier molecular flexibility index (Phi) is 16.4. The number of halogens is 3. The molecule has 144 valence electrons. The summed E-state index contributed by atoms with van der Waals surface area (Å²) in [5.74, 6) is 0. The van der Waals surface area contributed by atoms with E-state index in [1.165, 1.54) is 48.0 Å². The molecule has 0 heterocycles. The third kappa shape index (κ3) is 7.86. The van der Waals surface area contributed by atoms with Gasteiger partial charge in [-0.15, -0.1) is 6.92 Å². The zero-order chi connectivity index (χ0) is 16.3. The maximum Gasteiger partial charge on any atom is 4.00 e. The average molecular weight is 466 g/mol. The molecule has 2 rings (SSSR count). The molecule has 0 fully saturated rings. The minimum atomic E-state index is -0.409. The molecule has 1 aromatic rings. The Balaban J connectivity index is -0.00000132. The number of rotatable bonds is 6. The summed E-state index contributed by atoms with van der Waals surface area (Å²) < 4.78 is 0. The molecule has 0 aromatic heterocycles. The van der Waals surface area contributed by atoms with Crippen molar-refractivity contribution >= 4 is 14.7 Å². The van der Waals surface area contributed by atoms with Gasteiger partial charge < -0.3 is 37.2 Å². The first-order chi connectivity index (χ1) is 10.4. The number of allylic oxidation sites excluding steroid dienone is 4. The van der Waals surface area contributed by atoms with Crippen LogP contribution in [0.3, 0.4) is 0 Å². The number of benzene rings is 1. The smallest absolute Gasteiger partial charge is 1.00 e. The maximum atomic E-state index is 3.85. The third-order valence-corrected chi connectivity index (χ3v) is 7.14. The van der Waals surface area contributed by atoms with Crippen molar-refractivity contribution in [3.8, 4) is 0 Å². The zero-order valence-electron chi connectivity index (χ0n) is 16.9. The van der Waals surface area contributed by atoms with Gasteiger partial charge in [0.2, 0.25) is 0 Å². The fraction of sp³-hybridized carbons (Fsp3) is 0.524. The summed E-state index contributed by atoms with van der Waals surface area (Å²) in [5, 5.41) is 1.81. The molecule has 1 aliphatic carbocycles. The van der Waals surface area contributed by atoms with Gasteiger partial charge in [0.15, 0.2) is 0 Å². The molecule has 0 saturated carbocycles. The summed E-state index contributed by atoms with van der Waals surface area (Å²) in [6, 6.07) is 7.08. The molecule has 0 N–H and O–H groups in total. The van der Waals surface area contributed by atoms with Crippen LogP contribution < -0.4 is 42.4 Å². The van der Waals surface area contributed by atoms with Crippen molar-refractivity contribution in [1.29, 1.82) is 0 Å². The van der Waals surface area contributed by atoms with Crippen molar-refractivity contribution < 1.29 is 58.9 Å². The summed E-state index contributed by atoms with van der Waals surface area (Å²) in [6.45, 7) is 13.7. The van der Waals surface area contributed by atoms with Gasteiger partial charge in [-0.2, -0.15) is 11.1 Å². The van der Waals surface area contributed by atoms with Crippen LogP contribution in [-0.4, -0.2) is 9.52 Å². The molecule has 1 aliphatic rings. The van der Waals surface area contributed by atoms with Crippen LogP contribution in [0.15, 0.2) is 34.9 Å². The van der Waals surface area contributed by atoms with Gasteiger partial charge in [-0.3, -0.25) is 6.08 Å². The van der Waals surface area contributed by atoms with Crippen LogP contribution in [0.5, 0.6) is 0 Å². The van der Waals surface area contributed by atoms with Crippen LogP contribution in [0.1, 0.15) is 64.5 Å². The predicted octanol–water partition coefficient (Wildman–Crippen LogP) is -4.05. The number of hydrogen-bond donors (Lipinski definition) is 0. The van der Waals surface area contributed by atoms with Crippen molar-refractivity contribution in [3.63, 3.8) is 0 Å². The minimum Gasteiger partial charge on any atom is -1.00 e. The first kappa shape index (κ1) is 31.2. The van der Waals surface area contributed by atoms with E-state index in [4.69, 9.17) is 0 Å². The molecule has 5 heteroatoms. The Morgan fingerprint density at radius 1 is 0.923 bits per heavy atom. The second-order valence-electron chi connectivity index (χ2n) is 7.32. The van der Waals surface area contributed by atoms with E-state index in [0.29, 0.717) is 0 Å². The summed E-state index contributed by atoms with van der Waals surface area (Å²) in [5.41, 5.74) is 7.40. The fourth-order valence-electron chi connectivity index (χ4n) is 3.97. The van der Waals surface area contributed by atoms with Crippen molar-refractivity contribution in [1.82, 2.24) is 0 Å². The second kappa shape index (κ2) is 13.6. The van der Waals surface area contributed by atoms with Gasteiger partial charge in [-0.1, -0.05) is 79.6 Å². The van der Waals surface area contributed by atoms with Gasteiger partial charge in [0.25, 0.3) is 0 Å². The van der Waals surface area contributed by atoms with Gasteiger partial charge in [0, 0.05) is 9.52 Å². The summed E-state index contributed by atoms with van der Waals surface area (Å²) in [4.78, 5) is 0. The second-order valence-corrected chi connectivity index (χ2v) is 9.90. The predicted molar refractivity (Wildman–Crippen MR) is 102 cm³/mol. The molecule has 1 unspecified atom stereocenters. The van der Waals surface area contributed by atoms with Gasteiger partial charge in [-0.05, 0) is 20.3 Å². The molecule has 1 aromatic carbocycles. The van der Waals surface area contributed by atoms with Crippen LogP contribution >= 0.6 is 0 Å². The van der Waals surface area contributed by atoms with Crippen LogP contribution in [-0.2, 0) is 21.7 Å². The van der Waals surface area contributed by atoms with Gasteiger partial charge in [0.1, 0.15) is 0 Å². The van der Waals surface area contributed by atoms with Crippen molar-refractivity contribution in [3.05, 3.63) is 52.1 Å². The molecular weight excluding hydrogens is 435 g/mol. The van der Waals surface area contributed by atoms with Gasteiger partial charge in [-0.25, -0.2) is 5.57 Å². The molecule has 0 radical (unpaired) electrons. The molecule has 0 nitrogen and oxygen atoms in total. The normalized spacial score (nSPS) is 18.6. The molecule has 0 bridgehead atoms. The Hall–Kier alpha value is 0.501. The summed E-state index contributed by atoms with van der Waals surface area (Å²) >= 11 is 0. The molecule has 26 heavy (non-hydrogen) atoms. The van der Waals surface area contributed by atoms with Crippen LogP contribution in [0, 0.1) is 19.9 Å². The van der Waals surface area contributed by atoms with Crippen molar-refractivity contribution in [2.75, 3.05) is 0 Å². The SMILES string of the molecule is CCCCCC1=C(C)C(C)=[C-]C1(C)[SiH2]c1cc(C)cc(C)c1.[Cl-].[Cl-].[Cl-].[Ti+4]. The Morgan fingerprint density at radius 3 is 1.96 bits per heavy atom. The molecule has 0 amide bonds.